The maximum absolute atomic E-state index is 11.3. The van der Waals surface area contributed by atoms with Crippen LogP contribution in [0.1, 0.15) is 72.6 Å². The van der Waals surface area contributed by atoms with Crippen LogP contribution in [0.5, 0.6) is 0 Å². The van der Waals surface area contributed by atoms with Crippen LogP contribution in [0.3, 0.4) is 0 Å². The summed E-state index contributed by atoms with van der Waals surface area (Å²) in [5, 5.41) is 2.86. The van der Waals surface area contributed by atoms with Crippen molar-refractivity contribution in [2.75, 3.05) is 26.2 Å². The summed E-state index contributed by atoms with van der Waals surface area (Å²) in [6, 6.07) is 0. The second-order valence-corrected chi connectivity index (χ2v) is 5.91. The molecule has 0 radical (unpaired) electrons. The molecule has 0 aliphatic heterocycles. The predicted molar refractivity (Wildman–Crippen MR) is 88.0 cm³/mol. The summed E-state index contributed by atoms with van der Waals surface area (Å²) in [6.07, 6.45) is 7.94. The lowest BCUT2D eigenvalue weighted by Gasteiger charge is -2.23. The van der Waals surface area contributed by atoms with Crippen LogP contribution >= 0.6 is 0 Å². The molecule has 0 aromatic carbocycles. The van der Waals surface area contributed by atoms with Crippen LogP contribution in [0.15, 0.2) is 0 Å². The third-order valence-corrected chi connectivity index (χ3v) is 3.93. The molecule has 0 bridgehead atoms. The molecule has 1 amide bonds. The minimum absolute atomic E-state index is 0.203. The molecule has 0 rings (SSSR count). The number of nitrogens with one attached hydrogen (secondary N) is 1. The van der Waals surface area contributed by atoms with Crippen molar-refractivity contribution in [1.29, 1.82) is 0 Å². The van der Waals surface area contributed by atoms with Gasteiger partial charge in [-0.25, -0.2) is 0 Å². The highest BCUT2D eigenvalue weighted by Crippen LogP contribution is 2.09. The molecule has 0 saturated heterocycles. The topological polar surface area (TPSA) is 32.3 Å². The van der Waals surface area contributed by atoms with E-state index in [-0.39, 0.29) is 5.91 Å². The van der Waals surface area contributed by atoms with Gasteiger partial charge in [-0.05, 0) is 58.2 Å². The highest BCUT2D eigenvalue weighted by molar-refractivity contribution is 5.75. The molecular formula is C17H36N2O. The lowest BCUT2D eigenvalue weighted by atomic mass is 10.0. The quantitative estimate of drug-likeness (QED) is 0.521. The molecule has 120 valence electrons. The van der Waals surface area contributed by atoms with Crippen LogP contribution in [-0.4, -0.2) is 37.0 Å². The Morgan fingerprint density at radius 2 is 1.80 bits per heavy atom. The highest BCUT2D eigenvalue weighted by Gasteiger charge is 2.06. The van der Waals surface area contributed by atoms with Gasteiger partial charge in [0.1, 0.15) is 0 Å². The number of hydrogen-bond acceptors (Lipinski definition) is 2. The summed E-state index contributed by atoms with van der Waals surface area (Å²) in [7, 11) is 0. The van der Waals surface area contributed by atoms with E-state index in [9.17, 15) is 4.79 Å². The largest absolute Gasteiger partial charge is 0.356 e. The van der Waals surface area contributed by atoms with Gasteiger partial charge in [0.05, 0.1) is 0 Å². The lowest BCUT2D eigenvalue weighted by Crippen LogP contribution is -2.28. The molecule has 1 unspecified atom stereocenters. The molecule has 20 heavy (non-hydrogen) atoms. The first-order valence-corrected chi connectivity index (χ1v) is 8.63. The number of nitrogens with zero attached hydrogens (tertiary/aromatic N) is 1. The number of carbonyl (C=O) groups excluding carboxylic acids is 1. The van der Waals surface area contributed by atoms with E-state index < -0.39 is 0 Å². The minimum Gasteiger partial charge on any atom is -0.356 e. The summed E-state index contributed by atoms with van der Waals surface area (Å²) < 4.78 is 0. The van der Waals surface area contributed by atoms with Crippen LogP contribution in [0, 0.1) is 5.92 Å². The first-order valence-electron chi connectivity index (χ1n) is 8.63. The number of amides is 1. The van der Waals surface area contributed by atoms with E-state index in [0.717, 1.165) is 18.9 Å². The van der Waals surface area contributed by atoms with Crippen LogP contribution in [0.25, 0.3) is 0 Å². The van der Waals surface area contributed by atoms with Gasteiger partial charge in [-0.3, -0.25) is 4.79 Å². The fraction of sp³-hybridized carbons (Fsp3) is 0.941. The molecule has 3 heteroatoms. The Morgan fingerprint density at radius 1 is 1.05 bits per heavy atom. The zero-order valence-electron chi connectivity index (χ0n) is 14.2. The highest BCUT2D eigenvalue weighted by atomic mass is 16.1. The van der Waals surface area contributed by atoms with E-state index >= 15 is 0 Å². The second kappa shape index (κ2) is 13.4. The summed E-state index contributed by atoms with van der Waals surface area (Å²) in [4.78, 5) is 13.9. The molecule has 0 heterocycles. The molecular weight excluding hydrogens is 248 g/mol. The average Bonchev–Trinajstić information content (AvgIpc) is 2.44. The van der Waals surface area contributed by atoms with Gasteiger partial charge >= 0.3 is 0 Å². The fourth-order valence-corrected chi connectivity index (χ4v) is 2.34. The molecule has 1 atom stereocenters. The third kappa shape index (κ3) is 11.3. The number of carbonyl (C=O) groups is 1. The van der Waals surface area contributed by atoms with Crippen LogP contribution in [-0.2, 0) is 4.79 Å². The van der Waals surface area contributed by atoms with Crippen molar-refractivity contribution in [3.05, 3.63) is 0 Å². The SMILES string of the molecule is CCCN(CCCCCC(=O)NCC)CCC(C)CC. The Labute approximate surface area is 126 Å². The van der Waals surface area contributed by atoms with Crippen LogP contribution < -0.4 is 5.32 Å². The van der Waals surface area contributed by atoms with Gasteiger partial charge in [0.15, 0.2) is 0 Å². The van der Waals surface area contributed by atoms with Crippen LogP contribution in [0.2, 0.25) is 0 Å². The van der Waals surface area contributed by atoms with Crippen molar-refractivity contribution < 1.29 is 4.79 Å². The lowest BCUT2D eigenvalue weighted by molar-refractivity contribution is -0.121. The molecule has 0 fully saturated rings. The Morgan fingerprint density at radius 3 is 2.40 bits per heavy atom. The zero-order chi connectivity index (χ0) is 15.2. The van der Waals surface area contributed by atoms with Gasteiger partial charge in [-0.15, -0.1) is 0 Å². The predicted octanol–water partition coefficient (Wildman–Crippen LogP) is 3.83. The van der Waals surface area contributed by atoms with Crippen molar-refractivity contribution >= 4 is 5.91 Å². The molecule has 1 N–H and O–H groups in total. The van der Waals surface area contributed by atoms with E-state index in [1.54, 1.807) is 0 Å². The van der Waals surface area contributed by atoms with E-state index in [0.29, 0.717) is 6.42 Å². The Bertz CT molecular complexity index is 231. The second-order valence-electron chi connectivity index (χ2n) is 5.91. The van der Waals surface area contributed by atoms with Crippen molar-refractivity contribution in [2.45, 2.75) is 72.6 Å². The van der Waals surface area contributed by atoms with Crippen molar-refractivity contribution in [3.8, 4) is 0 Å². The maximum Gasteiger partial charge on any atom is 0.219 e. The first kappa shape index (κ1) is 19.4. The summed E-state index contributed by atoms with van der Waals surface area (Å²) in [5.41, 5.74) is 0. The maximum atomic E-state index is 11.3. The molecule has 0 aromatic rings. The van der Waals surface area contributed by atoms with Crippen molar-refractivity contribution in [1.82, 2.24) is 10.2 Å². The van der Waals surface area contributed by atoms with Gasteiger partial charge < -0.3 is 10.2 Å². The van der Waals surface area contributed by atoms with Crippen molar-refractivity contribution in [3.63, 3.8) is 0 Å². The molecule has 0 saturated carbocycles. The number of hydrogen-bond donors (Lipinski definition) is 1. The normalized spacial score (nSPS) is 12.7. The number of rotatable bonds is 13. The van der Waals surface area contributed by atoms with E-state index in [1.807, 2.05) is 6.92 Å². The van der Waals surface area contributed by atoms with Gasteiger partial charge in [0.25, 0.3) is 0 Å². The van der Waals surface area contributed by atoms with Gasteiger partial charge in [-0.1, -0.05) is 33.6 Å². The summed E-state index contributed by atoms with van der Waals surface area (Å²) in [6.45, 7) is 13.2. The Balaban J connectivity index is 3.66. The third-order valence-electron chi connectivity index (χ3n) is 3.93. The average molecular weight is 284 g/mol. The van der Waals surface area contributed by atoms with E-state index in [4.69, 9.17) is 0 Å². The van der Waals surface area contributed by atoms with Gasteiger partial charge in [0.2, 0.25) is 5.91 Å². The monoisotopic (exact) mass is 284 g/mol. The number of unbranched alkanes of at least 4 members (excludes halogenated alkanes) is 2. The molecule has 0 aliphatic carbocycles. The first-order chi connectivity index (χ1) is 9.63. The smallest absolute Gasteiger partial charge is 0.219 e. The fourth-order valence-electron chi connectivity index (χ4n) is 2.34. The Hall–Kier alpha value is -0.570. The van der Waals surface area contributed by atoms with Crippen molar-refractivity contribution in [2.24, 2.45) is 5.92 Å². The zero-order valence-corrected chi connectivity index (χ0v) is 14.2. The standard InChI is InChI=1S/C17H36N2O/c1-5-13-19(15-12-16(4)6-2)14-10-8-9-11-17(20)18-7-3/h16H,5-15H2,1-4H3,(H,18,20). The Kier molecular flexibility index (Phi) is 13.0. The molecule has 0 aromatic heterocycles. The van der Waals surface area contributed by atoms with Gasteiger partial charge in [0, 0.05) is 13.0 Å². The summed E-state index contributed by atoms with van der Waals surface area (Å²) >= 11 is 0. The van der Waals surface area contributed by atoms with E-state index in [1.165, 1.54) is 51.7 Å². The molecule has 0 spiro atoms. The molecule has 3 nitrogen and oxygen atoms in total. The van der Waals surface area contributed by atoms with Gasteiger partial charge in [-0.2, -0.15) is 0 Å². The molecule has 0 aliphatic rings. The summed E-state index contributed by atoms with van der Waals surface area (Å²) in [5.74, 6) is 1.04. The van der Waals surface area contributed by atoms with Crippen LogP contribution in [0.4, 0.5) is 0 Å². The minimum atomic E-state index is 0.203. The van der Waals surface area contributed by atoms with E-state index in [2.05, 4.69) is 31.0 Å².